The summed E-state index contributed by atoms with van der Waals surface area (Å²) in [6.07, 6.45) is 3.10. The minimum Gasteiger partial charge on any atom is -0.393 e. The second-order valence-electron chi connectivity index (χ2n) is 4.64. The number of aliphatic hydroxyl groups excluding tert-OH is 1. The molecule has 1 aromatic rings. The van der Waals surface area contributed by atoms with Crippen LogP contribution in [0.5, 0.6) is 0 Å². The molecule has 0 saturated heterocycles. The Labute approximate surface area is 101 Å². The first-order valence-electron chi connectivity index (χ1n) is 5.73. The Hall–Kier alpha value is -1.67. The van der Waals surface area contributed by atoms with Gasteiger partial charge in [0.2, 0.25) is 0 Å². The Balaban J connectivity index is 2.10. The van der Waals surface area contributed by atoms with Crippen molar-refractivity contribution in [2.75, 3.05) is 18.5 Å². The SMILES string of the molecule is Cc1ncc(C#N)c(N(C)CC2CC(O)C2)n1. The molecule has 1 aliphatic carbocycles. The average Bonchev–Trinajstić information content (AvgIpc) is 2.27. The molecule has 1 saturated carbocycles. The number of aromatic nitrogens is 2. The maximum Gasteiger partial charge on any atom is 0.150 e. The van der Waals surface area contributed by atoms with Crippen LogP contribution in [0.2, 0.25) is 0 Å². The maximum absolute atomic E-state index is 9.25. The van der Waals surface area contributed by atoms with Crippen molar-refractivity contribution in [2.24, 2.45) is 5.92 Å². The fourth-order valence-electron chi connectivity index (χ4n) is 2.15. The molecular weight excluding hydrogens is 216 g/mol. The molecule has 0 unspecified atom stereocenters. The van der Waals surface area contributed by atoms with Gasteiger partial charge in [-0.05, 0) is 25.7 Å². The molecule has 0 aromatic carbocycles. The summed E-state index contributed by atoms with van der Waals surface area (Å²) in [4.78, 5) is 10.3. The largest absolute Gasteiger partial charge is 0.393 e. The van der Waals surface area contributed by atoms with E-state index in [1.807, 2.05) is 18.9 Å². The van der Waals surface area contributed by atoms with E-state index in [4.69, 9.17) is 5.26 Å². The molecule has 0 radical (unpaired) electrons. The van der Waals surface area contributed by atoms with E-state index in [-0.39, 0.29) is 6.10 Å². The lowest BCUT2D eigenvalue weighted by atomic mass is 9.82. The minimum atomic E-state index is -0.143. The lowest BCUT2D eigenvalue weighted by Crippen LogP contribution is -2.37. The van der Waals surface area contributed by atoms with Crippen molar-refractivity contribution in [2.45, 2.75) is 25.9 Å². The van der Waals surface area contributed by atoms with Crippen LogP contribution in [-0.4, -0.2) is 34.8 Å². The van der Waals surface area contributed by atoms with Crippen LogP contribution in [0.25, 0.3) is 0 Å². The molecule has 1 heterocycles. The first-order valence-corrected chi connectivity index (χ1v) is 5.73. The Kier molecular flexibility index (Phi) is 3.25. The fraction of sp³-hybridized carbons (Fsp3) is 0.583. The van der Waals surface area contributed by atoms with E-state index >= 15 is 0 Å². The normalized spacial score (nSPS) is 22.7. The molecule has 2 rings (SSSR count). The summed E-state index contributed by atoms with van der Waals surface area (Å²) in [5, 5.41) is 18.3. The number of nitriles is 1. The first kappa shape index (κ1) is 11.8. The number of aryl methyl sites for hydroxylation is 1. The Bertz CT molecular complexity index is 448. The molecule has 0 atom stereocenters. The van der Waals surface area contributed by atoms with E-state index < -0.39 is 0 Å². The van der Waals surface area contributed by atoms with Gasteiger partial charge in [-0.3, -0.25) is 0 Å². The first-order chi connectivity index (χ1) is 8.10. The Morgan fingerprint density at radius 1 is 1.59 bits per heavy atom. The molecule has 17 heavy (non-hydrogen) atoms. The molecule has 90 valence electrons. The Morgan fingerprint density at radius 2 is 2.29 bits per heavy atom. The fourth-order valence-corrected chi connectivity index (χ4v) is 2.15. The quantitative estimate of drug-likeness (QED) is 0.836. The van der Waals surface area contributed by atoms with E-state index in [2.05, 4.69) is 16.0 Å². The number of nitrogens with zero attached hydrogens (tertiary/aromatic N) is 4. The van der Waals surface area contributed by atoms with Crippen molar-refractivity contribution in [3.05, 3.63) is 17.6 Å². The van der Waals surface area contributed by atoms with Crippen LogP contribution >= 0.6 is 0 Å². The summed E-state index contributed by atoms with van der Waals surface area (Å²) >= 11 is 0. The smallest absolute Gasteiger partial charge is 0.150 e. The molecule has 5 nitrogen and oxygen atoms in total. The highest BCUT2D eigenvalue weighted by atomic mass is 16.3. The summed E-state index contributed by atoms with van der Waals surface area (Å²) < 4.78 is 0. The molecular formula is C12H16N4O. The maximum atomic E-state index is 9.25. The van der Waals surface area contributed by atoms with Gasteiger partial charge in [0, 0.05) is 13.6 Å². The summed E-state index contributed by atoms with van der Waals surface area (Å²) in [6.45, 7) is 2.63. The molecule has 1 aromatic heterocycles. The van der Waals surface area contributed by atoms with Gasteiger partial charge in [-0.2, -0.15) is 5.26 Å². The van der Waals surface area contributed by atoms with Gasteiger partial charge in [0.25, 0.3) is 0 Å². The molecule has 1 aliphatic rings. The van der Waals surface area contributed by atoms with Crippen LogP contribution in [0.1, 0.15) is 24.2 Å². The van der Waals surface area contributed by atoms with Crippen molar-refractivity contribution >= 4 is 5.82 Å². The van der Waals surface area contributed by atoms with Crippen molar-refractivity contribution < 1.29 is 5.11 Å². The van der Waals surface area contributed by atoms with E-state index in [9.17, 15) is 5.11 Å². The second-order valence-corrected chi connectivity index (χ2v) is 4.64. The zero-order valence-electron chi connectivity index (χ0n) is 10.1. The van der Waals surface area contributed by atoms with E-state index in [0.717, 1.165) is 19.4 Å². The number of aliphatic hydroxyl groups is 1. The average molecular weight is 232 g/mol. The highest BCUT2D eigenvalue weighted by Gasteiger charge is 2.28. The van der Waals surface area contributed by atoms with Crippen LogP contribution in [0.3, 0.4) is 0 Å². The van der Waals surface area contributed by atoms with E-state index in [1.54, 1.807) is 6.20 Å². The van der Waals surface area contributed by atoms with Crippen LogP contribution in [0.15, 0.2) is 6.20 Å². The number of hydrogen-bond donors (Lipinski definition) is 1. The van der Waals surface area contributed by atoms with Crippen LogP contribution < -0.4 is 4.90 Å². The zero-order chi connectivity index (χ0) is 12.4. The van der Waals surface area contributed by atoms with Gasteiger partial charge < -0.3 is 10.0 Å². The number of rotatable bonds is 3. The predicted octanol–water partition coefficient (Wildman–Crippen LogP) is 0.864. The van der Waals surface area contributed by atoms with Gasteiger partial charge in [0.05, 0.1) is 12.3 Å². The third-order valence-electron chi connectivity index (χ3n) is 3.11. The van der Waals surface area contributed by atoms with Gasteiger partial charge in [0.1, 0.15) is 23.3 Å². The van der Waals surface area contributed by atoms with Gasteiger partial charge in [-0.15, -0.1) is 0 Å². The van der Waals surface area contributed by atoms with Gasteiger partial charge >= 0.3 is 0 Å². The summed E-state index contributed by atoms with van der Waals surface area (Å²) in [6, 6.07) is 2.11. The summed E-state index contributed by atoms with van der Waals surface area (Å²) in [7, 11) is 1.92. The molecule has 0 amide bonds. The van der Waals surface area contributed by atoms with Gasteiger partial charge in [0.15, 0.2) is 0 Å². The topological polar surface area (TPSA) is 73.0 Å². The van der Waals surface area contributed by atoms with E-state index in [0.29, 0.717) is 23.1 Å². The summed E-state index contributed by atoms with van der Waals surface area (Å²) in [5.74, 6) is 1.85. The number of anilines is 1. The molecule has 1 N–H and O–H groups in total. The molecule has 0 bridgehead atoms. The van der Waals surface area contributed by atoms with Crippen molar-refractivity contribution in [3.8, 4) is 6.07 Å². The molecule has 1 fully saturated rings. The van der Waals surface area contributed by atoms with Gasteiger partial charge in [-0.1, -0.05) is 0 Å². The monoisotopic (exact) mass is 232 g/mol. The predicted molar refractivity (Wildman–Crippen MR) is 63.5 cm³/mol. The summed E-state index contributed by atoms with van der Waals surface area (Å²) in [5.41, 5.74) is 0.498. The lowest BCUT2D eigenvalue weighted by molar-refractivity contribution is 0.0464. The Morgan fingerprint density at radius 3 is 2.88 bits per heavy atom. The highest BCUT2D eigenvalue weighted by molar-refractivity contribution is 5.52. The third kappa shape index (κ3) is 2.53. The minimum absolute atomic E-state index is 0.143. The molecule has 5 heteroatoms. The van der Waals surface area contributed by atoms with Crippen LogP contribution in [0.4, 0.5) is 5.82 Å². The number of hydrogen-bond acceptors (Lipinski definition) is 5. The van der Waals surface area contributed by atoms with E-state index in [1.165, 1.54) is 0 Å². The van der Waals surface area contributed by atoms with Crippen LogP contribution in [0, 0.1) is 24.2 Å². The lowest BCUT2D eigenvalue weighted by Gasteiger charge is -2.34. The second kappa shape index (κ2) is 4.68. The standard InChI is InChI=1S/C12H16N4O/c1-8-14-6-10(5-13)12(15-8)16(2)7-9-3-11(17)4-9/h6,9,11,17H,3-4,7H2,1-2H3. The van der Waals surface area contributed by atoms with Crippen molar-refractivity contribution in [1.82, 2.24) is 9.97 Å². The molecule has 0 aliphatic heterocycles. The zero-order valence-corrected chi connectivity index (χ0v) is 10.1. The van der Waals surface area contributed by atoms with Crippen LogP contribution in [-0.2, 0) is 0 Å². The van der Waals surface area contributed by atoms with Crippen molar-refractivity contribution in [3.63, 3.8) is 0 Å². The van der Waals surface area contributed by atoms with Crippen molar-refractivity contribution in [1.29, 1.82) is 5.26 Å². The molecule has 0 spiro atoms. The highest BCUT2D eigenvalue weighted by Crippen LogP contribution is 2.29. The third-order valence-corrected chi connectivity index (χ3v) is 3.11. The van der Waals surface area contributed by atoms with Gasteiger partial charge in [-0.25, -0.2) is 9.97 Å².